The Hall–Kier alpha value is -2.68. The van der Waals surface area contributed by atoms with Gasteiger partial charge in [0.25, 0.3) is 0 Å². The highest BCUT2D eigenvalue weighted by atomic mass is 19.1. The van der Waals surface area contributed by atoms with Crippen molar-refractivity contribution in [1.29, 1.82) is 0 Å². The number of benzene rings is 1. The van der Waals surface area contributed by atoms with Gasteiger partial charge in [-0.25, -0.2) is 19.1 Å². The number of likely N-dealkylation sites (tertiary alicyclic amines) is 1. The average Bonchev–Trinajstić information content (AvgIpc) is 3.22. The summed E-state index contributed by atoms with van der Waals surface area (Å²) in [4.78, 5) is 27.3. The minimum Gasteiger partial charge on any atom is -0.338 e. The summed E-state index contributed by atoms with van der Waals surface area (Å²) in [7, 11) is 0. The predicted octanol–water partition coefficient (Wildman–Crippen LogP) is 0.558. The van der Waals surface area contributed by atoms with E-state index in [9.17, 15) is 14.0 Å². The Balaban J connectivity index is 1.37. The van der Waals surface area contributed by atoms with E-state index in [0.717, 1.165) is 19.5 Å². The van der Waals surface area contributed by atoms with E-state index < -0.39 is 5.69 Å². The number of nitrogens with zero attached hydrogens (tertiary/aromatic N) is 2. The van der Waals surface area contributed by atoms with Gasteiger partial charge in [0, 0.05) is 25.2 Å². The minimum absolute atomic E-state index is 0.147. The summed E-state index contributed by atoms with van der Waals surface area (Å²) in [6.07, 6.45) is 0.960. The molecule has 0 spiro atoms. The molecule has 2 heterocycles. The molecule has 0 unspecified atom stereocenters. The number of aromatic amines is 2. The summed E-state index contributed by atoms with van der Waals surface area (Å²) in [5.41, 5.74) is 0.292. The molecule has 134 valence electrons. The van der Waals surface area contributed by atoms with Crippen molar-refractivity contribution in [1.82, 2.24) is 30.7 Å². The molecule has 1 aliphatic heterocycles. The molecule has 2 amide bonds. The Labute approximate surface area is 143 Å². The normalized spacial score (nSPS) is 17.6. The van der Waals surface area contributed by atoms with Gasteiger partial charge in [-0.2, -0.15) is 5.10 Å². The van der Waals surface area contributed by atoms with Gasteiger partial charge in [-0.1, -0.05) is 18.2 Å². The van der Waals surface area contributed by atoms with Gasteiger partial charge >= 0.3 is 11.7 Å². The lowest BCUT2D eigenvalue weighted by molar-refractivity contribution is 0.237. The van der Waals surface area contributed by atoms with E-state index in [1.165, 1.54) is 6.07 Å². The third-order valence-corrected chi connectivity index (χ3v) is 4.24. The molecule has 1 fully saturated rings. The number of nitrogens with one attached hydrogen (secondary N) is 4. The van der Waals surface area contributed by atoms with Gasteiger partial charge < -0.3 is 10.6 Å². The maximum absolute atomic E-state index is 13.7. The van der Waals surface area contributed by atoms with Crippen LogP contribution in [0.25, 0.3) is 0 Å². The van der Waals surface area contributed by atoms with Crippen molar-refractivity contribution in [2.45, 2.75) is 19.5 Å². The molecule has 25 heavy (non-hydrogen) atoms. The number of carbonyl (C=O) groups is 1. The zero-order valence-corrected chi connectivity index (χ0v) is 13.7. The van der Waals surface area contributed by atoms with Gasteiger partial charge in [0.1, 0.15) is 11.6 Å². The SMILES string of the molecule is O=C(NCc1n[nH]c(=O)[nH]1)NC[C@H]1CCN(Cc2ccccc2F)C1. The predicted molar refractivity (Wildman–Crippen MR) is 89.2 cm³/mol. The lowest BCUT2D eigenvalue weighted by atomic mass is 10.1. The molecule has 0 saturated carbocycles. The van der Waals surface area contributed by atoms with E-state index in [4.69, 9.17) is 0 Å². The fourth-order valence-corrected chi connectivity index (χ4v) is 2.94. The second kappa shape index (κ2) is 7.93. The third-order valence-electron chi connectivity index (χ3n) is 4.24. The molecule has 2 aromatic rings. The number of urea groups is 1. The molecule has 1 aromatic heterocycles. The van der Waals surface area contributed by atoms with Crippen LogP contribution in [0.3, 0.4) is 0 Å². The highest BCUT2D eigenvalue weighted by molar-refractivity contribution is 5.73. The second-order valence-corrected chi connectivity index (χ2v) is 6.17. The zero-order chi connectivity index (χ0) is 17.6. The number of carbonyl (C=O) groups excluding carboxylic acids is 1. The lowest BCUT2D eigenvalue weighted by Crippen LogP contribution is -2.38. The molecule has 4 N–H and O–H groups in total. The molecule has 0 aliphatic carbocycles. The number of H-pyrrole nitrogens is 2. The van der Waals surface area contributed by atoms with E-state index >= 15 is 0 Å². The van der Waals surface area contributed by atoms with Crippen LogP contribution in [0.2, 0.25) is 0 Å². The summed E-state index contributed by atoms with van der Waals surface area (Å²) in [5.74, 6) is 0.527. The van der Waals surface area contributed by atoms with Gasteiger partial charge in [0.2, 0.25) is 0 Å². The monoisotopic (exact) mass is 348 g/mol. The molecule has 3 rings (SSSR count). The molecule has 1 atom stereocenters. The standard InChI is InChI=1S/C16H21FN6O2/c17-13-4-2-1-3-12(13)10-23-6-5-11(9-23)7-18-15(24)19-8-14-20-16(25)22-21-14/h1-4,11H,5-10H2,(H2,18,19,24)(H2,20,21,22,25)/t11-/m1/s1. The van der Waals surface area contributed by atoms with Crippen LogP contribution in [0.5, 0.6) is 0 Å². The number of hydrogen-bond donors (Lipinski definition) is 4. The summed E-state index contributed by atoms with van der Waals surface area (Å²) in [6, 6.07) is 6.49. The maximum atomic E-state index is 13.7. The van der Waals surface area contributed by atoms with Crippen LogP contribution in [0.1, 0.15) is 17.8 Å². The topological polar surface area (TPSA) is 106 Å². The van der Waals surface area contributed by atoms with Crippen molar-refractivity contribution in [2.24, 2.45) is 5.92 Å². The number of halogens is 1. The average molecular weight is 348 g/mol. The first-order chi connectivity index (χ1) is 12.1. The summed E-state index contributed by atoms with van der Waals surface area (Å²) in [6.45, 7) is 2.99. The maximum Gasteiger partial charge on any atom is 0.340 e. The first kappa shape index (κ1) is 17.2. The number of amides is 2. The van der Waals surface area contributed by atoms with Crippen LogP contribution < -0.4 is 16.3 Å². The van der Waals surface area contributed by atoms with E-state index in [2.05, 4.69) is 30.7 Å². The number of rotatable bonds is 6. The Bertz CT molecular complexity index is 774. The molecular formula is C16H21FN6O2. The van der Waals surface area contributed by atoms with Crippen molar-refractivity contribution in [3.05, 3.63) is 52.0 Å². The Kier molecular flexibility index (Phi) is 5.44. The van der Waals surface area contributed by atoms with Gasteiger partial charge in [-0.05, 0) is 24.9 Å². The van der Waals surface area contributed by atoms with E-state index in [0.29, 0.717) is 30.4 Å². The van der Waals surface area contributed by atoms with Crippen molar-refractivity contribution in [3.8, 4) is 0 Å². The first-order valence-corrected chi connectivity index (χ1v) is 8.21. The van der Waals surface area contributed by atoms with E-state index in [1.54, 1.807) is 12.1 Å². The van der Waals surface area contributed by atoms with Crippen LogP contribution in [0.4, 0.5) is 9.18 Å². The molecule has 0 bridgehead atoms. The van der Waals surface area contributed by atoms with Crippen molar-refractivity contribution in [2.75, 3.05) is 19.6 Å². The summed E-state index contributed by atoms with van der Waals surface area (Å²) in [5, 5.41) is 11.4. The van der Waals surface area contributed by atoms with Crippen LogP contribution >= 0.6 is 0 Å². The highest BCUT2D eigenvalue weighted by Crippen LogP contribution is 2.19. The number of aromatic nitrogens is 3. The van der Waals surface area contributed by atoms with Crippen LogP contribution in [0, 0.1) is 11.7 Å². The van der Waals surface area contributed by atoms with Gasteiger partial charge in [-0.15, -0.1) is 0 Å². The Morgan fingerprint density at radius 1 is 1.36 bits per heavy atom. The first-order valence-electron chi connectivity index (χ1n) is 8.21. The largest absolute Gasteiger partial charge is 0.340 e. The van der Waals surface area contributed by atoms with Gasteiger partial charge in [0.15, 0.2) is 0 Å². The molecule has 1 aromatic carbocycles. The summed E-state index contributed by atoms with van der Waals surface area (Å²) < 4.78 is 13.7. The third kappa shape index (κ3) is 4.90. The fourth-order valence-electron chi connectivity index (χ4n) is 2.94. The second-order valence-electron chi connectivity index (χ2n) is 6.17. The van der Waals surface area contributed by atoms with Crippen LogP contribution in [-0.4, -0.2) is 45.7 Å². The van der Waals surface area contributed by atoms with Gasteiger partial charge in [-0.3, -0.25) is 9.88 Å². The van der Waals surface area contributed by atoms with Crippen molar-refractivity contribution >= 4 is 6.03 Å². The van der Waals surface area contributed by atoms with Crippen molar-refractivity contribution in [3.63, 3.8) is 0 Å². The highest BCUT2D eigenvalue weighted by Gasteiger charge is 2.23. The molecule has 0 radical (unpaired) electrons. The van der Waals surface area contributed by atoms with E-state index in [-0.39, 0.29) is 18.4 Å². The molecule has 1 saturated heterocycles. The molecule has 8 nitrogen and oxygen atoms in total. The van der Waals surface area contributed by atoms with Crippen LogP contribution in [-0.2, 0) is 13.1 Å². The summed E-state index contributed by atoms with van der Waals surface area (Å²) >= 11 is 0. The molecular weight excluding hydrogens is 327 g/mol. The van der Waals surface area contributed by atoms with E-state index in [1.807, 2.05) is 6.07 Å². The number of hydrogen-bond acceptors (Lipinski definition) is 4. The molecule has 9 heteroatoms. The fraction of sp³-hybridized carbons (Fsp3) is 0.438. The minimum atomic E-state index is -0.405. The lowest BCUT2D eigenvalue weighted by Gasteiger charge is -2.17. The zero-order valence-electron chi connectivity index (χ0n) is 13.7. The Morgan fingerprint density at radius 3 is 2.96 bits per heavy atom. The van der Waals surface area contributed by atoms with Crippen molar-refractivity contribution < 1.29 is 9.18 Å². The smallest absolute Gasteiger partial charge is 0.338 e. The molecule has 1 aliphatic rings. The van der Waals surface area contributed by atoms with Gasteiger partial charge in [0.05, 0.1) is 6.54 Å². The Morgan fingerprint density at radius 2 is 2.20 bits per heavy atom. The quantitative estimate of drug-likeness (QED) is 0.612. The van der Waals surface area contributed by atoms with Crippen LogP contribution in [0.15, 0.2) is 29.1 Å².